The Balaban J connectivity index is 1.95. The van der Waals surface area contributed by atoms with E-state index in [-0.39, 0.29) is 5.41 Å². The Morgan fingerprint density at radius 2 is 1.86 bits per heavy atom. The van der Waals surface area contributed by atoms with Crippen molar-refractivity contribution in [2.75, 3.05) is 6.54 Å². The van der Waals surface area contributed by atoms with E-state index in [1.807, 2.05) is 24.3 Å². The number of aromatic nitrogens is 2. The van der Waals surface area contributed by atoms with Crippen molar-refractivity contribution in [2.45, 2.75) is 43.9 Å². The molecule has 0 unspecified atom stereocenters. The third-order valence-corrected chi connectivity index (χ3v) is 4.78. The number of nitrogens with zero attached hydrogens (tertiary/aromatic N) is 2. The first-order valence-electron chi connectivity index (χ1n) is 7.54. The summed E-state index contributed by atoms with van der Waals surface area (Å²) < 4.78 is 5.56. The molecule has 0 bridgehead atoms. The lowest BCUT2D eigenvalue weighted by atomic mass is 9.80. The molecule has 2 aromatic rings. The van der Waals surface area contributed by atoms with Crippen LogP contribution in [0.4, 0.5) is 0 Å². The largest absolute Gasteiger partial charge is 0.338 e. The lowest BCUT2D eigenvalue weighted by Gasteiger charge is -2.26. The van der Waals surface area contributed by atoms with E-state index < -0.39 is 0 Å². The third kappa shape index (κ3) is 2.83. The van der Waals surface area contributed by atoms with Gasteiger partial charge < -0.3 is 10.3 Å². The summed E-state index contributed by atoms with van der Waals surface area (Å²) in [5.41, 5.74) is 6.70. The SMILES string of the molecule is NCC1(c2nc(-c3ccccc3Cl)no2)CCCCCC1. The molecule has 0 spiro atoms. The van der Waals surface area contributed by atoms with Crippen LogP contribution in [0.2, 0.25) is 5.02 Å². The summed E-state index contributed by atoms with van der Waals surface area (Å²) in [5, 5.41) is 4.75. The number of nitrogens with two attached hydrogens (primary N) is 1. The molecule has 3 rings (SSSR count). The van der Waals surface area contributed by atoms with Crippen molar-refractivity contribution in [3.63, 3.8) is 0 Å². The molecule has 4 nitrogen and oxygen atoms in total. The van der Waals surface area contributed by atoms with Crippen LogP contribution in [0.3, 0.4) is 0 Å². The number of hydrogen-bond donors (Lipinski definition) is 1. The smallest absolute Gasteiger partial charge is 0.234 e. The van der Waals surface area contributed by atoms with Gasteiger partial charge in [-0.1, -0.05) is 54.6 Å². The normalized spacial score (nSPS) is 18.4. The molecule has 112 valence electrons. The minimum atomic E-state index is -0.164. The first-order chi connectivity index (χ1) is 10.2. The van der Waals surface area contributed by atoms with E-state index in [9.17, 15) is 0 Å². The Kier molecular flexibility index (Phi) is 4.27. The molecular formula is C16H20ClN3O. The highest BCUT2D eigenvalue weighted by molar-refractivity contribution is 6.33. The van der Waals surface area contributed by atoms with E-state index in [1.165, 1.54) is 25.7 Å². The summed E-state index contributed by atoms with van der Waals surface area (Å²) in [4.78, 5) is 4.61. The molecule has 1 aliphatic rings. The Labute approximate surface area is 129 Å². The van der Waals surface area contributed by atoms with Gasteiger partial charge in [-0.05, 0) is 25.0 Å². The molecule has 5 heteroatoms. The molecule has 1 saturated carbocycles. The van der Waals surface area contributed by atoms with Gasteiger partial charge in [-0.3, -0.25) is 0 Å². The number of benzene rings is 1. The van der Waals surface area contributed by atoms with Gasteiger partial charge in [0.2, 0.25) is 11.7 Å². The van der Waals surface area contributed by atoms with Gasteiger partial charge in [0, 0.05) is 12.1 Å². The van der Waals surface area contributed by atoms with Crippen molar-refractivity contribution >= 4 is 11.6 Å². The molecule has 0 saturated heterocycles. The lowest BCUT2D eigenvalue weighted by molar-refractivity contribution is 0.257. The van der Waals surface area contributed by atoms with Crippen molar-refractivity contribution in [1.82, 2.24) is 10.1 Å². The van der Waals surface area contributed by atoms with Crippen LogP contribution in [-0.2, 0) is 5.41 Å². The van der Waals surface area contributed by atoms with Gasteiger partial charge >= 0.3 is 0 Å². The van der Waals surface area contributed by atoms with Gasteiger partial charge in [-0.2, -0.15) is 4.98 Å². The number of hydrogen-bond acceptors (Lipinski definition) is 4. The van der Waals surface area contributed by atoms with Gasteiger partial charge in [0.05, 0.1) is 10.4 Å². The molecule has 1 aromatic heterocycles. The topological polar surface area (TPSA) is 64.9 Å². The highest BCUT2D eigenvalue weighted by Crippen LogP contribution is 2.37. The predicted molar refractivity (Wildman–Crippen MR) is 83.2 cm³/mol. The standard InChI is InChI=1S/C16H20ClN3O/c17-13-8-4-3-7-12(13)14-19-15(21-20-14)16(11-18)9-5-1-2-6-10-16/h3-4,7-8H,1-2,5-6,9-11,18H2. The second-order valence-electron chi connectivity index (χ2n) is 5.80. The maximum atomic E-state index is 6.20. The van der Waals surface area contributed by atoms with Gasteiger partial charge in [-0.15, -0.1) is 0 Å². The molecule has 1 aliphatic carbocycles. The van der Waals surface area contributed by atoms with Gasteiger partial charge in [-0.25, -0.2) is 0 Å². The zero-order valence-electron chi connectivity index (χ0n) is 12.0. The summed E-state index contributed by atoms with van der Waals surface area (Å²) in [6, 6.07) is 7.54. The van der Waals surface area contributed by atoms with Crippen molar-refractivity contribution in [2.24, 2.45) is 5.73 Å². The fourth-order valence-electron chi connectivity index (χ4n) is 3.10. The second-order valence-corrected chi connectivity index (χ2v) is 6.21. The molecule has 0 radical (unpaired) electrons. The predicted octanol–water partition coefficient (Wildman–Crippen LogP) is 3.94. The monoisotopic (exact) mass is 305 g/mol. The van der Waals surface area contributed by atoms with Crippen LogP contribution in [-0.4, -0.2) is 16.7 Å². The summed E-state index contributed by atoms with van der Waals surface area (Å²) in [6.07, 6.45) is 6.89. The summed E-state index contributed by atoms with van der Waals surface area (Å²) in [5.74, 6) is 1.22. The minimum absolute atomic E-state index is 0.164. The Bertz CT molecular complexity index is 603. The van der Waals surface area contributed by atoms with Crippen LogP contribution < -0.4 is 5.73 Å². The van der Waals surface area contributed by atoms with Crippen molar-refractivity contribution in [3.8, 4) is 11.4 Å². The second kappa shape index (κ2) is 6.16. The van der Waals surface area contributed by atoms with Crippen molar-refractivity contribution in [3.05, 3.63) is 35.2 Å². The molecule has 0 aliphatic heterocycles. The van der Waals surface area contributed by atoms with E-state index >= 15 is 0 Å². The van der Waals surface area contributed by atoms with Crippen LogP contribution >= 0.6 is 11.6 Å². The van der Waals surface area contributed by atoms with Crippen molar-refractivity contribution < 1.29 is 4.52 Å². The molecule has 21 heavy (non-hydrogen) atoms. The molecule has 0 atom stereocenters. The number of rotatable bonds is 3. The van der Waals surface area contributed by atoms with E-state index in [0.29, 0.717) is 23.3 Å². The first kappa shape index (κ1) is 14.5. The number of halogens is 1. The summed E-state index contributed by atoms with van der Waals surface area (Å²) in [6.45, 7) is 0.553. The highest BCUT2D eigenvalue weighted by atomic mass is 35.5. The fourth-order valence-corrected chi connectivity index (χ4v) is 3.32. The van der Waals surface area contributed by atoms with E-state index in [1.54, 1.807) is 0 Å². The lowest BCUT2D eigenvalue weighted by Crippen LogP contribution is -2.35. The van der Waals surface area contributed by atoms with Gasteiger partial charge in [0.15, 0.2) is 0 Å². The van der Waals surface area contributed by atoms with Crippen LogP contribution in [0.15, 0.2) is 28.8 Å². The maximum Gasteiger partial charge on any atom is 0.234 e. The Morgan fingerprint density at radius 1 is 1.14 bits per heavy atom. The zero-order chi connectivity index (χ0) is 14.7. The highest BCUT2D eigenvalue weighted by Gasteiger charge is 2.37. The third-order valence-electron chi connectivity index (χ3n) is 4.45. The van der Waals surface area contributed by atoms with Crippen LogP contribution in [0.1, 0.15) is 44.4 Å². The Hall–Kier alpha value is -1.39. The average molecular weight is 306 g/mol. The van der Waals surface area contributed by atoms with E-state index in [2.05, 4.69) is 10.1 Å². The molecule has 0 amide bonds. The maximum absolute atomic E-state index is 6.20. The van der Waals surface area contributed by atoms with Crippen LogP contribution in [0, 0.1) is 0 Å². The Morgan fingerprint density at radius 3 is 2.52 bits per heavy atom. The van der Waals surface area contributed by atoms with Crippen molar-refractivity contribution in [1.29, 1.82) is 0 Å². The van der Waals surface area contributed by atoms with Gasteiger partial charge in [0.25, 0.3) is 0 Å². The fraction of sp³-hybridized carbons (Fsp3) is 0.500. The summed E-state index contributed by atoms with van der Waals surface area (Å²) in [7, 11) is 0. The van der Waals surface area contributed by atoms with Gasteiger partial charge in [0.1, 0.15) is 0 Å². The quantitative estimate of drug-likeness (QED) is 0.872. The van der Waals surface area contributed by atoms with E-state index in [4.69, 9.17) is 21.9 Å². The average Bonchev–Trinajstić information content (AvgIpc) is 2.87. The van der Waals surface area contributed by atoms with E-state index in [0.717, 1.165) is 18.4 Å². The van der Waals surface area contributed by atoms with Crippen LogP contribution in [0.25, 0.3) is 11.4 Å². The van der Waals surface area contributed by atoms with Crippen LogP contribution in [0.5, 0.6) is 0 Å². The molecule has 2 N–H and O–H groups in total. The molecule has 1 aromatic carbocycles. The summed E-state index contributed by atoms with van der Waals surface area (Å²) >= 11 is 6.20. The minimum Gasteiger partial charge on any atom is -0.338 e. The molecule has 1 fully saturated rings. The molecular weight excluding hydrogens is 286 g/mol. The molecule has 1 heterocycles. The zero-order valence-corrected chi connectivity index (χ0v) is 12.8. The first-order valence-corrected chi connectivity index (χ1v) is 7.92.